The maximum Gasteiger partial charge on any atom is 0.254 e. The van der Waals surface area contributed by atoms with E-state index in [-0.39, 0.29) is 35.4 Å². The Hall–Kier alpha value is -4.45. The summed E-state index contributed by atoms with van der Waals surface area (Å²) in [5.74, 6) is -5.77. The van der Waals surface area contributed by atoms with Gasteiger partial charge < -0.3 is 36.4 Å². The molecule has 12 nitrogen and oxygen atoms in total. The minimum atomic E-state index is -2.65. The number of aryl methyl sites for hydroxylation is 1. The van der Waals surface area contributed by atoms with Gasteiger partial charge in [0.15, 0.2) is 11.4 Å². The summed E-state index contributed by atoms with van der Waals surface area (Å²) in [5.41, 5.74) is 2.56. The number of nitrogens with zero attached hydrogens (tertiary/aromatic N) is 3. The number of primary amides is 1. The molecule has 3 atom stereocenters. The van der Waals surface area contributed by atoms with Crippen LogP contribution in [-0.4, -0.2) is 66.0 Å². The van der Waals surface area contributed by atoms with Crippen molar-refractivity contribution >= 4 is 28.9 Å². The Labute approximate surface area is 204 Å². The number of carbonyl (C=O) groups excluding carboxylic acids is 2. The second-order valence-electron chi connectivity index (χ2n) is 9.06. The van der Waals surface area contributed by atoms with Crippen LogP contribution < -0.4 is 5.73 Å². The molecule has 12 heteroatoms. The standard InChI is InChI=1S/C24H23N5O7/c1-29-8-10(7-27-29)11-3-4-14(30)16-12(11)5-9-6-13-18(28-36-2)20(32)17(23(26)34)21(25)24(13,35)22(33)15(9)19(16)31/h3-4,7-9,13,25,30-32,35H,5-6H2,1-2H3,(H2,26,34)/b25-21?,28-18-/t9-,13-,24+/m0/s1. The van der Waals surface area contributed by atoms with Gasteiger partial charge in [-0.3, -0.25) is 14.3 Å². The van der Waals surface area contributed by atoms with Crippen molar-refractivity contribution in [3.8, 4) is 16.9 Å². The number of oxime groups is 1. The number of rotatable bonds is 3. The van der Waals surface area contributed by atoms with Crippen molar-refractivity contribution in [3.63, 3.8) is 0 Å². The summed E-state index contributed by atoms with van der Waals surface area (Å²) in [7, 11) is 2.94. The Balaban J connectivity index is 1.73. The molecule has 0 saturated heterocycles. The summed E-state index contributed by atoms with van der Waals surface area (Å²) in [4.78, 5) is 30.6. The lowest BCUT2D eigenvalue weighted by molar-refractivity contribution is -0.133. The van der Waals surface area contributed by atoms with Crippen LogP contribution in [0.25, 0.3) is 16.9 Å². The highest BCUT2D eigenvalue weighted by atomic mass is 16.6. The number of carbonyl (C=O) groups is 2. The number of benzene rings is 1. The van der Waals surface area contributed by atoms with E-state index in [0.717, 1.165) is 5.56 Å². The lowest BCUT2D eigenvalue weighted by Crippen LogP contribution is -2.64. The fourth-order valence-corrected chi connectivity index (χ4v) is 5.58. The van der Waals surface area contributed by atoms with Gasteiger partial charge in [-0.25, -0.2) is 0 Å². The van der Waals surface area contributed by atoms with Crippen molar-refractivity contribution in [2.75, 3.05) is 7.11 Å². The monoisotopic (exact) mass is 493 g/mol. The van der Waals surface area contributed by atoms with E-state index in [1.54, 1.807) is 30.2 Å². The summed E-state index contributed by atoms with van der Waals surface area (Å²) in [5, 5.41) is 60.5. The number of aliphatic hydroxyl groups is 3. The molecule has 3 aliphatic rings. The number of Topliss-reactive ketones (excluding diaryl/α,β-unsaturated/α-hetero) is 1. The van der Waals surface area contributed by atoms with E-state index in [9.17, 15) is 30.0 Å². The molecule has 7 N–H and O–H groups in total. The van der Waals surface area contributed by atoms with E-state index in [1.807, 2.05) is 0 Å². The molecule has 2 aromatic rings. The highest BCUT2D eigenvalue weighted by molar-refractivity contribution is 6.39. The van der Waals surface area contributed by atoms with Crippen LogP contribution >= 0.6 is 0 Å². The average molecular weight is 493 g/mol. The molecular weight excluding hydrogens is 470 g/mol. The number of aromatic nitrogens is 2. The Morgan fingerprint density at radius 3 is 2.64 bits per heavy atom. The van der Waals surface area contributed by atoms with Crippen LogP contribution in [-0.2, 0) is 27.9 Å². The first-order chi connectivity index (χ1) is 17.0. The normalized spacial score (nSPS) is 26.6. The number of ketones is 1. The molecule has 36 heavy (non-hydrogen) atoms. The molecule has 0 unspecified atom stereocenters. The lowest BCUT2D eigenvalue weighted by atomic mass is 9.57. The summed E-state index contributed by atoms with van der Waals surface area (Å²) >= 11 is 0. The number of nitrogens with one attached hydrogen (secondary N) is 1. The van der Waals surface area contributed by atoms with Gasteiger partial charge in [-0.1, -0.05) is 11.2 Å². The Bertz CT molecular complexity index is 1470. The predicted molar refractivity (Wildman–Crippen MR) is 126 cm³/mol. The lowest BCUT2D eigenvalue weighted by Gasteiger charge is -2.46. The van der Waals surface area contributed by atoms with E-state index in [0.29, 0.717) is 11.1 Å². The maximum atomic E-state index is 13.8. The predicted octanol–water partition coefficient (Wildman–Crippen LogP) is 0.887. The zero-order valence-corrected chi connectivity index (χ0v) is 19.3. The second-order valence-corrected chi connectivity index (χ2v) is 9.06. The summed E-state index contributed by atoms with van der Waals surface area (Å²) in [6.45, 7) is 0. The van der Waals surface area contributed by atoms with Crippen LogP contribution in [0.2, 0.25) is 0 Å². The fourth-order valence-electron chi connectivity index (χ4n) is 5.58. The van der Waals surface area contributed by atoms with Crippen LogP contribution in [0, 0.1) is 17.2 Å². The van der Waals surface area contributed by atoms with Crippen molar-refractivity contribution in [1.82, 2.24) is 9.78 Å². The molecule has 5 rings (SSSR count). The number of allylic oxidation sites excluding steroid dienone is 1. The van der Waals surface area contributed by atoms with Gasteiger partial charge in [0.05, 0.1) is 23.4 Å². The summed E-state index contributed by atoms with van der Waals surface area (Å²) < 4.78 is 1.61. The topological polar surface area (TPSA) is 204 Å². The fraction of sp³-hybridized carbons (Fsp3) is 0.292. The third kappa shape index (κ3) is 2.94. The second kappa shape index (κ2) is 7.78. The number of aromatic hydroxyl groups is 1. The first-order valence-electron chi connectivity index (χ1n) is 11.0. The van der Waals surface area contributed by atoms with E-state index in [4.69, 9.17) is 16.0 Å². The summed E-state index contributed by atoms with van der Waals surface area (Å²) in [6.07, 6.45) is 3.55. The van der Waals surface area contributed by atoms with Crippen molar-refractivity contribution in [2.24, 2.45) is 29.8 Å². The number of hydrogen-bond acceptors (Lipinski definition) is 10. The molecule has 1 saturated carbocycles. The first kappa shape index (κ1) is 23.3. The Morgan fingerprint density at radius 1 is 1.31 bits per heavy atom. The summed E-state index contributed by atoms with van der Waals surface area (Å²) in [6, 6.07) is 3.08. The van der Waals surface area contributed by atoms with Crippen molar-refractivity contribution in [2.45, 2.75) is 18.4 Å². The molecule has 3 aliphatic carbocycles. The largest absolute Gasteiger partial charge is 0.507 e. The minimum absolute atomic E-state index is 0.0378. The van der Waals surface area contributed by atoms with E-state index >= 15 is 0 Å². The molecule has 1 aromatic carbocycles. The molecule has 0 radical (unpaired) electrons. The molecule has 0 spiro atoms. The van der Waals surface area contributed by atoms with Crippen LogP contribution in [0.15, 0.2) is 46.6 Å². The zero-order chi connectivity index (χ0) is 26.1. The maximum absolute atomic E-state index is 13.8. The number of fused-ring (bicyclic) bond motifs is 3. The average Bonchev–Trinajstić information content (AvgIpc) is 3.24. The third-order valence-electron chi connectivity index (χ3n) is 7.15. The molecule has 1 amide bonds. The smallest absolute Gasteiger partial charge is 0.254 e. The molecule has 1 heterocycles. The number of nitrogens with two attached hydrogens (primary N) is 1. The Kier molecular flexibility index (Phi) is 5.04. The number of phenolic OH excluding ortho intramolecular Hbond substituents is 1. The van der Waals surface area contributed by atoms with Crippen molar-refractivity contribution in [1.29, 1.82) is 5.41 Å². The van der Waals surface area contributed by atoms with E-state index in [2.05, 4.69) is 10.3 Å². The molecule has 186 valence electrons. The highest BCUT2D eigenvalue weighted by Crippen LogP contribution is 2.51. The number of aliphatic hydroxyl groups excluding tert-OH is 2. The Morgan fingerprint density at radius 2 is 2.03 bits per heavy atom. The minimum Gasteiger partial charge on any atom is -0.507 e. The molecule has 0 bridgehead atoms. The number of amides is 1. The van der Waals surface area contributed by atoms with Gasteiger partial charge in [-0.15, -0.1) is 0 Å². The number of hydrogen-bond donors (Lipinski definition) is 6. The molecule has 1 aromatic heterocycles. The van der Waals surface area contributed by atoms with Gasteiger partial charge in [-0.05, 0) is 36.0 Å². The van der Waals surface area contributed by atoms with Gasteiger partial charge in [0.2, 0.25) is 5.78 Å². The van der Waals surface area contributed by atoms with Gasteiger partial charge in [-0.2, -0.15) is 5.10 Å². The van der Waals surface area contributed by atoms with Crippen LogP contribution in [0.5, 0.6) is 5.75 Å². The van der Waals surface area contributed by atoms with E-state index < -0.39 is 51.9 Å². The zero-order valence-electron chi connectivity index (χ0n) is 19.3. The van der Waals surface area contributed by atoms with Gasteiger partial charge in [0.25, 0.3) is 5.91 Å². The van der Waals surface area contributed by atoms with E-state index in [1.165, 1.54) is 13.2 Å². The number of phenols is 1. The van der Waals surface area contributed by atoms with Gasteiger partial charge in [0, 0.05) is 24.4 Å². The first-order valence-corrected chi connectivity index (χ1v) is 11.0. The third-order valence-corrected chi connectivity index (χ3v) is 7.15. The SMILES string of the molecule is CO/N=C1\C(O)=C(C(N)=O)C(=N)[C@@]2(O)C(=O)C3=C(O)c4c(O)ccc(-c5cnn(C)c5)c4C[C@H]3C[C@@H]12. The van der Waals surface area contributed by atoms with Crippen LogP contribution in [0.4, 0.5) is 0 Å². The van der Waals surface area contributed by atoms with Crippen molar-refractivity contribution < 1.29 is 34.9 Å². The van der Waals surface area contributed by atoms with Crippen LogP contribution in [0.1, 0.15) is 17.5 Å². The van der Waals surface area contributed by atoms with Crippen LogP contribution in [0.3, 0.4) is 0 Å². The molecular formula is C24H23N5O7. The van der Waals surface area contributed by atoms with Crippen molar-refractivity contribution in [3.05, 3.63) is 52.6 Å². The quantitative estimate of drug-likeness (QED) is 0.338. The molecule has 1 fully saturated rings. The van der Waals surface area contributed by atoms with Gasteiger partial charge in [0.1, 0.15) is 29.9 Å². The molecule has 0 aliphatic heterocycles. The highest BCUT2D eigenvalue weighted by Gasteiger charge is 2.62. The van der Waals surface area contributed by atoms with Gasteiger partial charge >= 0.3 is 0 Å².